The Balaban J connectivity index is 1.16. The smallest absolute Gasteiger partial charge is 0.410 e. The summed E-state index contributed by atoms with van der Waals surface area (Å²) in [6.45, 7) is 2.97. The molecule has 2 fully saturated rings. The predicted molar refractivity (Wildman–Crippen MR) is 173 cm³/mol. The standard InChI is InChI=1S/C33H34ClN7O4/c1-2-23-19-22(20-26(34)30(23)35)21-29(31(42)39-17-15-38(16-18-39)24-7-11-36-12-8-24)45-33(44)40-13-9-25(10-14-40)41-28-6-4-3-5-27(28)37-32(41)43/h1,3-8,11-12,19-20,25,29H,9-10,13-18,21,35H2,(H,37,43)/t29-/m1/s1. The van der Waals surface area contributed by atoms with E-state index in [0.717, 1.165) is 16.7 Å². The minimum atomic E-state index is -1.09. The number of likely N-dealkylation sites (tertiary alicyclic amines) is 1. The quantitative estimate of drug-likeness (QED) is 0.246. The SMILES string of the molecule is C#Cc1cc(C[C@@H](OC(=O)N2CCC(n3c(=O)[nH]c4ccccc43)CC2)C(=O)N2CCN(c3ccncc3)CC2)cc(Cl)c1N. The van der Waals surface area contributed by atoms with Gasteiger partial charge in [0.15, 0.2) is 6.10 Å². The highest BCUT2D eigenvalue weighted by atomic mass is 35.5. The van der Waals surface area contributed by atoms with Crippen LogP contribution in [0.4, 0.5) is 16.2 Å². The van der Waals surface area contributed by atoms with Gasteiger partial charge in [0.05, 0.1) is 21.7 Å². The second kappa shape index (κ2) is 13.0. The average molecular weight is 628 g/mol. The Morgan fingerprint density at radius 2 is 1.76 bits per heavy atom. The molecule has 2 aliphatic rings. The molecule has 0 spiro atoms. The number of terminal acetylenes is 1. The number of anilines is 2. The number of imidazole rings is 1. The molecule has 2 saturated heterocycles. The van der Waals surface area contributed by atoms with Crippen LogP contribution in [0.25, 0.3) is 11.0 Å². The van der Waals surface area contributed by atoms with E-state index in [1.54, 1.807) is 38.9 Å². The first-order valence-corrected chi connectivity index (χ1v) is 15.3. The molecule has 2 aromatic heterocycles. The maximum absolute atomic E-state index is 13.9. The fraction of sp³-hybridized carbons (Fsp3) is 0.333. The van der Waals surface area contributed by atoms with Gasteiger partial charge in [-0.05, 0) is 54.8 Å². The molecule has 0 unspecified atom stereocenters. The van der Waals surface area contributed by atoms with Crippen molar-refractivity contribution in [2.24, 2.45) is 0 Å². The summed E-state index contributed by atoms with van der Waals surface area (Å²) in [7, 11) is 0. The number of hydrogen-bond donors (Lipinski definition) is 2. The van der Waals surface area contributed by atoms with E-state index in [1.165, 1.54) is 0 Å². The van der Waals surface area contributed by atoms with Crippen molar-refractivity contribution in [3.8, 4) is 12.3 Å². The maximum atomic E-state index is 13.9. The van der Waals surface area contributed by atoms with Crippen molar-refractivity contribution in [2.75, 3.05) is 49.9 Å². The molecular formula is C33H34ClN7O4. The second-order valence-corrected chi connectivity index (χ2v) is 11.7. The highest BCUT2D eigenvalue weighted by molar-refractivity contribution is 6.33. The van der Waals surface area contributed by atoms with E-state index in [4.69, 9.17) is 28.5 Å². The number of piperidine rings is 1. The van der Waals surface area contributed by atoms with Gasteiger partial charge in [0.25, 0.3) is 5.91 Å². The molecule has 2 amide bonds. The molecule has 0 radical (unpaired) electrons. The molecule has 0 saturated carbocycles. The topological polar surface area (TPSA) is 130 Å². The number of aromatic nitrogens is 3. The summed E-state index contributed by atoms with van der Waals surface area (Å²) in [5.74, 6) is 2.24. The Bertz CT molecular complexity index is 1800. The zero-order valence-electron chi connectivity index (χ0n) is 24.7. The minimum absolute atomic E-state index is 0.0640. The van der Waals surface area contributed by atoms with Gasteiger partial charge in [0.2, 0.25) is 0 Å². The molecule has 12 heteroatoms. The monoisotopic (exact) mass is 627 g/mol. The molecule has 11 nitrogen and oxygen atoms in total. The molecule has 0 aliphatic carbocycles. The first kappa shape index (κ1) is 30.1. The number of aromatic amines is 1. The molecule has 2 aliphatic heterocycles. The predicted octanol–water partition coefficient (Wildman–Crippen LogP) is 3.68. The number of nitrogens with two attached hydrogens (primary N) is 1. The summed E-state index contributed by atoms with van der Waals surface area (Å²) in [6, 6.07) is 14.7. The van der Waals surface area contributed by atoms with Crippen molar-refractivity contribution >= 4 is 46.0 Å². The van der Waals surface area contributed by atoms with Gasteiger partial charge in [-0.2, -0.15) is 0 Å². The Morgan fingerprint density at radius 1 is 1.04 bits per heavy atom. The number of fused-ring (bicyclic) bond motifs is 1. The minimum Gasteiger partial charge on any atom is -0.436 e. The lowest BCUT2D eigenvalue weighted by molar-refractivity contribution is -0.141. The van der Waals surface area contributed by atoms with Crippen LogP contribution in [-0.4, -0.2) is 81.7 Å². The van der Waals surface area contributed by atoms with E-state index >= 15 is 0 Å². The number of benzene rings is 2. The van der Waals surface area contributed by atoms with E-state index in [9.17, 15) is 14.4 Å². The molecule has 6 rings (SSSR count). The summed E-state index contributed by atoms with van der Waals surface area (Å²) in [5.41, 5.74) is 9.85. The van der Waals surface area contributed by atoms with Gasteiger partial charge in [-0.25, -0.2) is 9.59 Å². The fourth-order valence-corrected chi connectivity index (χ4v) is 6.43. The highest BCUT2D eigenvalue weighted by Crippen LogP contribution is 2.28. The van der Waals surface area contributed by atoms with Crippen molar-refractivity contribution in [1.29, 1.82) is 0 Å². The number of hydrogen-bond acceptors (Lipinski definition) is 7. The van der Waals surface area contributed by atoms with Crippen LogP contribution in [0.1, 0.15) is 30.0 Å². The third-order valence-electron chi connectivity index (χ3n) is 8.62. The lowest BCUT2D eigenvalue weighted by Gasteiger charge is -2.38. The molecule has 2 aromatic carbocycles. The molecule has 45 heavy (non-hydrogen) atoms. The summed E-state index contributed by atoms with van der Waals surface area (Å²) in [6.07, 6.45) is 8.69. The van der Waals surface area contributed by atoms with Crippen LogP contribution in [0.5, 0.6) is 0 Å². The number of para-hydroxylation sites is 2. The number of halogens is 1. The number of H-pyrrole nitrogens is 1. The summed E-state index contributed by atoms with van der Waals surface area (Å²) in [5, 5.41) is 0.276. The average Bonchev–Trinajstić information content (AvgIpc) is 3.41. The van der Waals surface area contributed by atoms with Crippen LogP contribution in [0.3, 0.4) is 0 Å². The van der Waals surface area contributed by atoms with Crippen LogP contribution >= 0.6 is 11.6 Å². The number of nitrogens with one attached hydrogen (secondary N) is 1. The van der Waals surface area contributed by atoms with Crippen molar-refractivity contribution < 1.29 is 14.3 Å². The van der Waals surface area contributed by atoms with Crippen molar-refractivity contribution in [3.05, 3.63) is 87.6 Å². The number of carbonyl (C=O) groups excluding carboxylic acids is 2. The van der Waals surface area contributed by atoms with Crippen LogP contribution in [-0.2, 0) is 16.0 Å². The summed E-state index contributed by atoms with van der Waals surface area (Å²) >= 11 is 6.35. The second-order valence-electron chi connectivity index (χ2n) is 11.3. The lowest BCUT2D eigenvalue weighted by Crippen LogP contribution is -2.53. The molecule has 0 bridgehead atoms. The van der Waals surface area contributed by atoms with E-state index in [0.29, 0.717) is 63.2 Å². The number of rotatable bonds is 6. The third-order valence-corrected chi connectivity index (χ3v) is 8.93. The largest absolute Gasteiger partial charge is 0.436 e. The van der Waals surface area contributed by atoms with Crippen LogP contribution < -0.4 is 16.3 Å². The first-order chi connectivity index (χ1) is 21.8. The Hall–Kier alpha value is -4.95. The van der Waals surface area contributed by atoms with Crippen LogP contribution in [0.2, 0.25) is 5.02 Å². The van der Waals surface area contributed by atoms with Gasteiger partial charge in [-0.3, -0.25) is 14.3 Å². The zero-order valence-corrected chi connectivity index (χ0v) is 25.4. The van der Waals surface area contributed by atoms with Crippen molar-refractivity contribution in [1.82, 2.24) is 24.3 Å². The zero-order chi connectivity index (χ0) is 31.5. The number of carbonyl (C=O) groups is 2. The molecule has 1 atom stereocenters. The summed E-state index contributed by atoms with van der Waals surface area (Å²) < 4.78 is 7.72. The Labute approximate surface area is 265 Å². The fourth-order valence-electron chi connectivity index (χ4n) is 6.19. The van der Waals surface area contributed by atoms with Crippen LogP contribution in [0.15, 0.2) is 65.7 Å². The number of pyridine rings is 1. The number of ether oxygens (including phenoxy) is 1. The van der Waals surface area contributed by atoms with Gasteiger partial charge in [0, 0.05) is 75.4 Å². The first-order valence-electron chi connectivity index (χ1n) is 15.0. The van der Waals surface area contributed by atoms with E-state index in [-0.39, 0.29) is 34.8 Å². The van der Waals surface area contributed by atoms with Gasteiger partial charge >= 0.3 is 11.8 Å². The number of nitrogens with zero attached hydrogens (tertiary/aromatic N) is 5. The molecule has 4 heterocycles. The van der Waals surface area contributed by atoms with E-state index in [2.05, 4.69) is 20.8 Å². The Kier molecular flexibility index (Phi) is 8.67. The molecule has 232 valence electrons. The third kappa shape index (κ3) is 6.33. The van der Waals surface area contributed by atoms with Gasteiger partial charge in [-0.15, -0.1) is 6.42 Å². The molecule has 3 N–H and O–H groups in total. The van der Waals surface area contributed by atoms with E-state index < -0.39 is 12.2 Å². The summed E-state index contributed by atoms with van der Waals surface area (Å²) in [4.78, 5) is 52.6. The van der Waals surface area contributed by atoms with E-state index in [1.807, 2.05) is 36.4 Å². The van der Waals surface area contributed by atoms with Gasteiger partial charge in [0.1, 0.15) is 0 Å². The van der Waals surface area contributed by atoms with Crippen molar-refractivity contribution in [3.63, 3.8) is 0 Å². The van der Waals surface area contributed by atoms with Gasteiger partial charge in [-0.1, -0.05) is 29.7 Å². The molecular weight excluding hydrogens is 594 g/mol. The highest BCUT2D eigenvalue weighted by Gasteiger charge is 2.34. The molecule has 4 aromatic rings. The van der Waals surface area contributed by atoms with Gasteiger partial charge < -0.3 is 30.2 Å². The number of piperazine rings is 1. The number of nitrogen functional groups attached to an aromatic ring is 1. The number of amides is 2. The maximum Gasteiger partial charge on any atom is 0.410 e. The van der Waals surface area contributed by atoms with Crippen molar-refractivity contribution in [2.45, 2.75) is 31.4 Å². The van der Waals surface area contributed by atoms with Crippen LogP contribution in [0, 0.1) is 12.3 Å². The Morgan fingerprint density at radius 3 is 2.47 bits per heavy atom. The lowest BCUT2D eigenvalue weighted by atomic mass is 10.0. The normalized spacial score (nSPS) is 16.4.